The number of rotatable bonds is 5. The highest BCUT2D eigenvalue weighted by molar-refractivity contribution is 6.83. The third-order valence-electron chi connectivity index (χ3n) is 5.61. The lowest BCUT2D eigenvalue weighted by Crippen LogP contribution is -2.26. The summed E-state index contributed by atoms with van der Waals surface area (Å²) in [5, 5.41) is 0. The van der Waals surface area contributed by atoms with Gasteiger partial charge in [0.25, 0.3) is 0 Å². The van der Waals surface area contributed by atoms with Crippen molar-refractivity contribution in [2.24, 2.45) is 5.92 Å². The Morgan fingerprint density at radius 3 is 2.14 bits per heavy atom. The molecule has 2 aliphatic rings. The smallest absolute Gasteiger partial charge is 0.103 e. The molecule has 1 atom stereocenters. The Labute approximate surface area is 222 Å². The SMILES string of the molecule is C/C=C(B(C1=CC=CCC=C1)C1=C(C)CC[C@H](C)C=C1C)/C(C)=C\CC.C=CC.CC.CC.CC. The first-order valence-corrected chi connectivity index (χ1v) is 14.2. The van der Waals surface area contributed by atoms with Gasteiger partial charge >= 0.3 is 0 Å². The summed E-state index contributed by atoms with van der Waals surface area (Å²) < 4.78 is 0. The van der Waals surface area contributed by atoms with E-state index in [1.165, 1.54) is 40.4 Å². The van der Waals surface area contributed by atoms with E-state index in [2.05, 4.69) is 96.7 Å². The van der Waals surface area contributed by atoms with Crippen molar-refractivity contribution in [3.63, 3.8) is 0 Å². The van der Waals surface area contributed by atoms with E-state index in [1.54, 1.807) is 11.6 Å². The van der Waals surface area contributed by atoms with Crippen molar-refractivity contribution in [3.05, 3.63) is 94.4 Å². The van der Waals surface area contributed by atoms with Crippen LogP contribution in [0.25, 0.3) is 0 Å². The predicted octanol–water partition coefficient (Wildman–Crippen LogP) is 11.8. The van der Waals surface area contributed by atoms with E-state index in [0.717, 1.165) is 12.8 Å². The third kappa shape index (κ3) is 14.2. The Bertz CT molecular complexity index is 762. The highest BCUT2D eigenvalue weighted by atomic mass is 14.2. The van der Waals surface area contributed by atoms with Gasteiger partial charge in [0, 0.05) is 0 Å². The predicted molar refractivity (Wildman–Crippen MR) is 169 cm³/mol. The van der Waals surface area contributed by atoms with Crippen LogP contribution in [0.5, 0.6) is 0 Å². The summed E-state index contributed by atoms with van der Waals surface area (Å²) in [4.78, 5) is 0. The van der Waals surface area contributed by atoms with E-state index in [0.29, 0.717) is 12.6 Å². The molecule has 0 radical (unpaired) electrons. The molecule has 198 valence electrons. The van der Waals surface area contributed by atoms with Gasteiger partial charge in [-0.05, 0) is 66.2 Å². The molecule has 0 aromatic carbocycles. The maximum atomic E-state index is 3.36. The summed E-state index contributed by atoms with van der Waals surface area (Å²) >= 11 is 0. The highest BCUT2D eigenvalue weighted by Crippen LogP contribution is 2.36. The molecule has 0 saturated carbocycles. The van der Waals surface area contributed by atoms with E-state index in [-0.39, 0.29) is 0 Å². The van der Waals surface area contributed by atoms with Gasteiger partial charge in [0.1, 0.15) is 0 Å². The van der Waals surface area contributed by atoms with Crippen molar-refractivity contribution in [2.75, 3.05) is 0 Å². The summed E-state index contributed by atoms with van der Waals surface area (Å²) in [6.45, 7) is 31.3. The fourth-order valence-electron chi connectivity index (χ4n) is 4.33. The van der Waals surface area contributed by atoms with Crippen LogP contribution in [0.15, 0.2) is 94.4 Å². The first kappa shape index (κ1) is 37.5. The second-order valence-electron chi connectivity index (χ2n) is 8.17. The van der Waals surface area contributed by atoms with Crippen LogP contribution in [0.2, 0.25) is 0 Å². The standard InChI is InChI=1S/C25H35B.C3H6.3C2H6/c1-7-13-20(4)24(8-2)26(23-14-11-9-10-12-15-23)25-21(5)17-16-19(3)18-22(25)6;1-3-2;3*1-2/h8-9,11-15,18-19H,7,10,16-17H2,1-6H3;3H,1H2,2H3;3*1-2H3/b20-13-,24-8-;;;;/t19-;;;;/m0..../s1. The fraction of sp³-hybridized carbons (Fsp3) is 0.529. The van der Waals surface area contributed by atoms with E-state index in [4.69, 9.17) is 0 Å². The van der Waals surface area contributed by atoms with Crippen LogP contribution in [0, 0.1) is 5.92 Å². The van der Waals surface area contributed by atoms with E-state index in [1.807, 2.05) is 48.5 Å². The summed E-state index contributed by atoms with van der Waals surface area (Å²) in [6, 6.07) is 0. The molecule has 0 unspecified atom stereocenters. The lowest BCUT2D eigenvalue weighted by Gasteiger charge is -2.25. The molecule has 2 aliphatic carbocycles. The molecule has 0 aliphatic heterocycles. The van der Waals surface area contributed by atoms with Gasteiger partial charge in [0.05, 0.1) is 0 Å². The quantitative estimate of drug-likeness (QED) is 0.209. The molecule has 0 aromatic heterocycles. The molecular formula is C34H59B. The van der Waals surface area contributed by atoms with Crippen LogP contribution >= 0.6 is 0 Å². The first-order valence-electron chi connectivity index (χ1n) is 14.2. The van der Waals surface area contributed by atoms with Gasteiger partial charge < -0.3 is 0 Å². The summed E-state index contributed by atoms with van der Waals surface area (Å²) in [5.74, 6) is 0.656. The molecule has 0 bridgehead atoms. The van der Waals surface area contributed by atoms with Gasteiger partial charge in [-0.25, -0.2) is 0 Å². The van der Waals surface area contributed by atoms with Crippen LogP contribution in [-0.2, 0) is 0 Å². The highest BCUT2D eigenvalue weighted by Gasteiger charge is 2.30. The lowest BCUT2D eigenvalue weighted by molar-refractivity contribution is 0.648. The van der Waals surface area contributed by atoms with Gasteiger partial charge in [0.15, 0.2) is 0 Å². The molecule has 0 amide bonds. The zero-order chi connectivity index (χ0) is 27.8. The maximum absolute atomic E-state index is 3.36. The van der Waals surface area contributed by atoms with Crippen LogP contribution in [0.1, 0.15) is 116 Å². The van der Waals surface area contributed by atoms with Crippen molar-refractivity contribution in [3.8, 4) is 0 Å². The molecule has 1 heteroatoms. The van der Waals surface area contributed by atoms with Crippen LogP contribution in [-0.4, -0.2) is 6.71 Å². The zero-order valence-electron chi connectivity index (χ0n) is 25.9. The van der Waals surface area contributed by atoms with Crippen molar-refractivity contribution in [1.29, 1.82) is 0 Å². The molecule has 0 fully saturated rings. The molecule has 0 heterocycles. The van der Waals surface area contributed by atoms with Crippen molar-refractivity contribution in [2.45, 2.75) is 116 Å². The van der Waals surface area contributed by atoms with Gasteiger partial charge in [-0.3, -0.25) is 0 Å². The lowest BCUT2D eigenvalue weighted by atomic mass is 9.32. The molecular weight excluding hydrogens is 419 g/mol. The second-order valence-corrected chi connectivity index (χ2v) is 8.17. The molecule has 0 aromatic rings. The van der Waals surface area contributed by atoms with Crippen LogP contribution in [0.4, 0.5) is 0 Å². The number of hydrogen-bond acceptors (Lipinski definition) is 0. The van der Waals surface area contributed by atoms with Gasteiger partial charge in [-0.1, -0.05) is 143 Å². The van der Waals surface area contributed by atoms with Crippen LogP contribution in [0.3, 0.4) is 0 Å². The second kappa shape index (κ2) is 25.1. The maximum Gasteiger partial charge on any atom is 0.241 e. The zero-order valence-corrected chi connectivity index (χ0v) is 25.9. The summed E-state index contributed by atoms with van der Waals surface area (Å²) in [7, 11) is 0. The van der Waals surface area contributed by atoms with Gasteiger partial charge in [-0.15, -0.1) is 6.58 Å². The topological polar surface area (TPSA) is 0 Å². The van der Waals surface area contributed by atoms with Crippen LogP contribution < -0.4 is 0 Å². The molecule has 0 N–H and O–H groups in total. The molecule has 35 heavy (non-hydrogen) atoms. The van der Waals surface area contributed by atoms with Crippen molar-refractivity contribution >= 4 is 6.71 Å². The Kier molecular flexibility index (Phi) is 26.9. The molecule has 0 saturated heterocycles. The summed E-state index contributed by atoms with van der Waals surface area (Å²) in [5.41, 5.74) is 8.83. The Morgan fingerprint density at radius 1 is 1.06 bits per heavy atom. The third-order valence-corrected chi connectivity index (χ3v) is 5.61. The average molecular weight is 479 g/mol. The fourth-order valence-corrected chi connectivity index (χ4v) is 4.33. The molecule has 2 rings (SSSR count). The summed E-state index contributed by atoms with van der Waals surface area (Å²) in [6.07, 6.45) is 24.9. The number of hydrogen-bond donors (Lipinski definition) is 0. The first-order chi connectivity index (χ1) is 16.9. The van der Waals surface area contributed by atoms with Crippen molar-refractivity contribution in [1.82, 2.24) is 0 Å². The van der Waals surface area contributed by atoms with E-state index < -0.39 is 0 Å². The Morgan fingerprint density at radius 2 is 1.63 bits per heavy atom. The van der Waals surface area contributed by atoms with E-state index >= 15 is 0 Å². The number of allylic oxidation sites excluding steroid dienone is 15. The van der Waals surface area contributed by atoms with Gasteiger partial charge in [0.2, 0.25) is 6.71 Å². The minimum absolute atomic E-state index is 0.323. The normalized spacial score (nSPS) is 17.2. The largest absolute Gasteiger partial charge is 0.241 e. The molecule has 0 nitrogen and oxygen atoms in total. The van der Waals surface area contributed by atoms with Crippen molar-refractivity contribution < 1.29 is 0 Å². The minimum atomic E-state index is 0.323. The average Bonchev–Trinajstić information content (AvgIpc) is 3.22. The monoisotopic (exact) mass is 478 g/mol. The molecule has 0 spiro atoms. The Hall–Kier alpha value is -2.02. The van der Waals surface area contributed by atoms with E-state index in [9.17, 15) is 0 Å². The minimum Gasteiger partial charge on any atom is -0.103 e. The van der Waals surface area contributed by atoms with Gasteiger partial charge in [-0.2, -0.15) is 0 Å². The Balaban J connectivity index is -0.00000101.